The average Bonchev–Trinajstić information content (AvgIpc) is 3.60. The van der Waals surface area contributed by atoms with Crippen LogP contribution in [0.2, 0.25) is 0 Å². The van der Waals surface area contributed by atoms with Crippen molar-refractivity contribution in [2.45, 2.75) is 53.9 Å². The van der Waals surface area contributed by atoms with Crippen molar-refractivity contribution in [3.63, 3.8) is 0 Å². The number of esters is 1. The maximum absolute atomic E-state index is 14.4. The van der Waals surface area contributed by atoms with E-state index in [0.29, 0.717) is 80.2 Å². The predicted molar refractivity (Wildman–Crippen MR) is 156 cm³/mol. The maximum atomic E-state index is 14.4. The van der Waals surface area contributed by atoms with E-state index in [9.17, 15) is 14.4 Å². The Hall–Kier alpha value is -2.86. The van der Waals surface area contributed by atoms with Gasteiger partial charge in [-0.25, -0.2) is 9.18 Å². The normalized spacial score (nSPS) is 29.6. The van der Waals surface area contributed by atoms with Gasteiger partial charge in [0.05, 0.1) is 28.5 Å². The third-order valence-corrected chi connectivity index (χ3v) is 12.3. The molecule has 0 unspecified atom stereocenters. The number of carbonyl (C=O) groups is 1. The van der Waals surface area contributed by atoms with Gasteiger partial charge >= 0.3 is 12.0 Å². The number of nitrogens with zero attached hydrogens (tertiary/aromatic N) is 6. The summed E-state index contributed by atoms with van der Waals surface area (Å²) < 4.78 is 32.1. The van der Waals surface area contributed by atoms with Gasteiger partial charge in [-0.2, -0.15) is 15.2 Å². The number of carbonyl (C=O) groups excluding carboxylic acids is 1. The van der Waals surface area contributed by atoms with Crippen LogP contribution >= 0.6 is 23.1 Å². The first-order valence-electron chi connectivity index (χ1n) is 14.6. The van der Waals surface area contributed by atoms with E-state index >= 15 is 0 Å². The van der Waals surface area contributed by atoms with Crippen molar-refractivity contribution < 1.29 is 23.4 Å². The number of thiophene rings is 1. The number of ether oxygens (including phenoxy) is 3. The Bertz CT molecular complexity index is 1490. The summed E-state index contributed by atoms with van der Waals surface area (Å²) in [7, 11) is 0. The molecule has 6 aliphatic rings. The van der Waals surface area contributed by atoms with Crippen LogP contribution in [0.4, 0.5) is 21.0 Å². The molecular formula is C28H32FN7O4S2. The molecule has 3 atom stereocenters. The second-order valence-corrected chi connectivity index (χ2v) is 14.7. The number of alkyl halides is 1. The van der Waals surface area contributed by atoms with E-state index in [2.05, 4.69) is 20.8 Å². The smallest absolute Gasteiger partial charge is 0.345 e. The van der Waals surface area contributed by atoms with E-state index in [1.165, 1.54) is 11.3 Å². The standard InChI is InChI=1S/C28H32FN7O4S2/c29-16-7-27(3-1-4-35(27)9-16)15-40-26-32-23(20-24(33-26)36-5-2-6-38-10-17(36)11-39-25(20)37)34-13-28(14-34)21-18(8-30)22(31)42-19(21)12-41-28/h16-17H,1-7,9-15,31H2/t16-,17+,27+/m1/s1. The maximum Gasteiger partial charge on any atom is 0.345 e. The van der Waals surface area contributed by atoms with Crippen LogP contribution in [0.1, 0.15) is 52.0 Å². The van der Waals surface area contributed by atoms with E-state index in [0.717, 1.165) is 42.0 Å². The minimum absolute atomic E-state index is 0.165. The van der Waals surface area contributed by atoms with Crippen molar-refractivity contribution >= 4 is 45.7 Å². The molecular weight excluding hydrogens is 581 g/mol. The molecule has 4 fully saturated rings. The molecule has 2 aromatic rings. The van der Waals surface area contributed by atoms with E-state index in [-0.39, 0.29) is 28.9 Å². The molecule has 0 radical (unpaired) electrons. The number of thioether (sulfide) groups is 1. The number of hydrogen-bond donors (Lipinski definition) is 1. The molecule has 2 N–H and O–H groups in total. The van der Waals surface area contributed by atoms with E-state index < -0.39 is 12.1 Å². The van der Waals surface area contributed by atoms with Crippen LogP contribution < -0.4 is 20.3 Å². The second-order valence-electron chi connectivity index (χ2n) is 12.2. The fourth-order valence-electron chi connectivity index (χ4n) is 7.68. The van der Waals surface area contributed by atoms with Gasteiger partial charge in [-0.3, -0.25) is 4.90 Å². The lowest BCUT2D eigenvalue weighted by Gasteiger charge is -2.49. The summed E-state index contributed by atoms with van der Waals surface area (Å²) in [6.07, 6.45) is 2.27. The quantitative estimate of drug-likeness (QED) is 0.509. The molecule has 0 aliphatic carbocycles. The summed E-state index contributed by atoms with van der Waals surface area (Å²) in [6, 6.07) is 2.33. The van der Waals surface area contributed by atoms with E-state index in [1.807, 2.05) is 11.8 Å². The highest BCUT2D eigenvalue weighted by Gasteiger charge is 2.54. The van der Waals surface area contributed by atoms with Crippen LogP contribution in [0.3, 0.4) is 0 Å². The number of aromatic nitrogens is 2. The lowest BCUT2D eigenvalue weighted by atomic mass is 9.88. The summed E-state index contributed by atoms with van der Waals surface area (Å²) in [5, 5.41) is 10.4. The van der Waals surface area contributed by atoms with Crippen LogP contribution in [0.15, 0.2) is 0 Å². The molecule has 4 saturated heterocycles. The highest BCUT2D eigenvalue weighted by Crippen LogP contribution is 2.58. The highest BCUT2D eigenvalue weighted by molar-refractivity contribution is 8.00. The van der Waals surface area contributed by atoms with E-state index in [4.69, 9.17) is 29.9 Å². The fraction of sp³-hybridized carbons (Fsp3) is 0.643. The van der Waals surface area contributed by atoms with Crippen LogP contribution in [-0.4, -0.2) is 97.7 Å². The Morgan fingerprint density at radius 3 is 2.93 bits per heavy atom. The molecule has 42 heavy (non-hydrogen) atoms. The van der Waals surface area contributed by atoms with Crippen LogP contribution in [0.25, 0.3) is 0 Å². The summed E-state index contributed by atoms with van der Waals surface area (Å²) in [6.45, 7) is 4.66. The van der Waals surface area contributed by atoms with Gasteiger partial charge in [-0.05, 0) is 25.8 Å². The topological polar surface area (TPSA) is 130 Å². The molecule has 0 amide bonds. The largest absolute Gasteiger partial charge is 0.461 e. The van der Waals surface area contributed by atoms with Crippen LogP contribution in [0, 0.1) is 11.3 Å². The first-order valence-corrected chi connectivity index (χ1v) is 16.4. The van der Waals surface area contributed by atoms with Crippen molar-refractivity contribution in [1.29, 1.82) is 5.26 Å². The molecule has 0 bridgehead atoms. The summed E-state index contributed by atoms with van der Waals surface area (Å²) in [5.74, 6) is 1.32. The van der Waals surface area contributed by atoms with Crippen LogP contribution in [0.5, 0.6) is 6.01 Å². The number of nitrogens with two attached hydrogens (primary N) is 1. The lowest BCUT2D eigenvalue weighted by Crippen LogP contribution is -2.57. The van der Waals surface area contributed by atoms with Gasteiger partial charge in [-0.15, -0.1) is 23.1 Å². The van der Waals surface area contributed by atoms with Crippen molar-refractivity contribution in [1.82, 2.24) is 14.9 Å². The Labute approximate surface area is 251 Å². The average molecular weight is 614 g/mol. The molecule has 2 aromatic heterocycles. The minimum Gasteiger partial charge on any atom is -0.461 e. The second kappa shape index (κ2) is 9.83. The van der Waals surface area contributed by atoms with Gasteiger partial charge < -0.3 is 29.7 Å². The first-order chi connectivity index (χ1) is 20.4. The van der Waals surface area contributed by atoms with Crippen molar-refractivity contribution in [3.05, 3.63) is 21.6 Å². The first kappa shape index (κ1) is 26.7. The molecule has 11 nitrogen and oxygen atoms in total. The highest BCUT2D eigenvalue weighted by atomic mass is 32.2. The van der Waals surface area contributed by atoms with Gasteiger partial charge in [0.15, 0.2) is 11.6 Å². The zero-order chi connectivity index (χ0) is 28.6. The molecule has 8 rings (SSSR count). The van der Waals surface area contributed by atoms with Gasteiger partial charge in [0, 0.05) is 55.4 Å². The summed E-state index contributed by atoms with van der Waals surface area (Å²) >= 11 is 3.30. The zero-order valence-corrected chi connectivity index (χ0v) is 24.8. The number of cyclic esters (lactones) is 1. The number of anilines is 3. The van der Waals surface area contributed by atoms with E-state index in [1.54, 1.807) is 0 Å². The van der Waals surface area contributed by atoms with Gasteiger partial charge in [-0.1, -0.05) is 0 Å². The lowest BCUT2D eigenvalue weighted by molar-refractivity contribution is 0.0438. The number of rotatable bonds is 4. The zero-order valence-electron chi connectivity index (χ0n) is 23.1. The third kappa shape index (κ3) is 4.00. The summed E-state index contributed by atoms with van der Waals surface area (Å²) in [5.41, 5.74) is 7.77. The van der Waals surface area contributed by atoms with Gasteiger partial charge in [0.25, 0.3) is 0 Å². The number of hydrogen-bond acceptors (Lipinski definition) is 13. The molecule has 1 spiro atoms. The molecule has 0 saturated carbocycles. The fourth-order valence-corrected chi connectivity index (χ4v) is 10.5. The third-order valence-electron chi connectivity index (χ3n) is 9.65. The Kier molecular flexibility index (Phi) is 6.26. The van der Waals surface area contributed by atoms with Crippen molar-refractivity contribution in [3.8, 4) is 12.1 Å². The molecule has 6 aliphatic heterocycles. The van der Waals surface area contributed by atoms with Crippen molar-refractivity contribution in [2.75, 3.05) is 74.7 Å². The SMILES string of the molecule is N#Cc1c(N)sc2c1C1(CN(c3nc(OC[C@@]45CCCN4C[C@H](F)C5)nc4c3C(=O)OC[C@@H]3COCCCN43)C1)SC2. The van der Waals surface area contributed by atoms with Crippen LogP contribution in [-0.2, 0) is 20.0 Å². The Morgan fingerprint density at radius 1 is 1.21 bits per heavy atom. The van der Waals surface area contributed by atoms with Gasteiger partial charge in [0.2, 0.25) is 0 Å². The number of nitrogen functional groups attached to an aromatic ring is 1. The van der Waals surface area contributed by atoms with Gasteiger partial charge in [0.1, 0.15) is 36.0 Å². The molecule has 0 aromatic carbocycles. The number of fused-ring (bicyclic) bond motifs is 6. The number of nitriles is 1. The predicted octanol–water partition coefficient (Wildman–Crippen LogP) is 2.68. The monoisotopic (exact) mass is 613 g/mol. The van der Waals surface area contributed by atoms with Crippen molar-refractivity contribution in [2.24, 2.45) is 0 Å². The minimum atomic E-state index is -0.861. The Morgan fingerprint density at radius 2 is 2.07 bits per heavy atom. The molecule has 222 valence electrons. The number of halogens is 1. The summed E-state index contributed by atoms with van der Waals surface area (Å²) in [4.78, 5) is 30.7. The molecule has 14 heteroatoms. The molecule has 8 heterocycles. The Balaban J connectivity index is 1.17.